The van der Waals surface area contributed by atoms with Crippen LogP contribution >= 0.6 is 0 Å². The van der Waals surface area contributed by atoms with Gasteiger partial charge < -0.3 is 20.3 Å². The second-order valence-corrected chi connectivity index (χ2v) is 24.2. The molecule has 1 amide bonds. The molecule has 6 heteroatoms. The van der Waals surface area contributed by atoms with E-state index in [4.69, 9.17) is 4.74 Å². The van der Waals surface area contributed by atoms with Crippen molar-refractivity contribution in [2.75, 3.05) is 13.2 Å². The number of esters is 1. The molecule has 0 saturated heterocycles. The summed E-state index contributed by atoms with van der Waals surface area (Å²) in [4.78, 5) is 24.6. The average molecular weight is 1080 g/mol. The Kier molecular flexibility index (Phi) is 65.4. The van der Waals surface area contributed by atoms with Crippen molar-refractivity contribution < 1.29 is 24.5 Å². The number of hydrogen-bond donors (Lipinski definition) is 3. The van der Waals surface area contributed by atoms with Crippen molar-refractivity contribution in [3.8, 4) is 0 Å². The minimum atomic E-state index is -0.666. The molecule has 0 aromatic rings. The number of nitrogens with one attached hydrogen (secondary N) is 1. The molecule has 0 spiro atoms. The molecule has 0 aromatic heterocycles. The lowest BCUT2D eigenvalue weighted by atomic mass is 10.0. The molecule has 456 valence electrons. The highest BCUT2D eigenvalue weighted by atomic mass is 16.5. The minimum Gasteiger partial charge on any atom is -0.466 e. The molecule has 0 radical (unpaired) electrons. The van der Waals surface area contributed by atoms with Crippen LogP contribution in [-0.2, 0) is 14.3 Å². The van der Waals surface area contributed by atoms with Gasteiger partial charge in [0.05, 0.1) is 25.4 Å². The van der Waals surface area contributed by atoms with Gasteiger partial charge in [0.15, 0.2) is 0 Å². The van der Waals surface area contributed by atoms with Crippen LogP contribution in [0.4, 0.5) is 0 Å². The number of ether oxygens (including phenoxy) is 1. The van der Waals surface area contributed by atoms with Crippen molar-refractivity contribution in [3.63, 3.8) is 0 Å². The van der Waals surface area contributed by atoms with Crippen molar-refractivity contribution >= 4 is 11.9 Å². The van der Waals surface area contributed by atoms with E-state index in [0.717, 1.165) is 44.9 Å². The predicted octanol–water partition coefficient (Wildman–Crippen LogP) is 22.5. The molecular formula is C71H137NO5. The molecule has 0 heterocycles. The van der Waals surface area contributed by atoms with Crippen LogP contribution in [-0.4, -0.2) is 47.4 Å². The Balaban J connectivity index is 3.39. The summed E-state index contributed by atoms with van der Waals surface area (Å²) in [5.74, 6) is -0.0258. The molecule has 0 bridgehead atoms. The number of unbranched alkanes of at least 4 members (excludes halogenated alkanes) is 51. The normalized spacial score (nSPS) is 12.6. The van der Waals surface area contributed by atoms with Gasteiger partial charge in [0.25, 0.3) is 0 Å². The van der Waals surface area contributed by atoms with E-state index < -0.39 is 12.1 Å². The highest BCUT2D eigenvalue weighted by molar-refractivity contribution is 5.76. The van der Waals surface area contributed by atoms with Crippen molar-refractivity contribution in [1.82, 2.24) is 5.32 Å². The summed E-state index contributed by atoms with van der Waals surface area (Å²) < 4.78 is 5.47. The number of allylic oxidation sites excluding steroid dienone is 4. The maximum Gasteiger partial charge on any atom is 0.305 e. The lowest BCUT2D eigenvalue weighted by molar-refractivity contribution is -0.143. The van der Waals surface area contributed by atoms with Crippen LogP contribution in [0.25, 0.3) is 0 Å². The molecule has 0 rings (SSSR count). The fourth-order valence-corrected chi connectivity index (χ4v) is 11.1. The average Bonchev–Trinajstić information content (AvgIpc) is 3.43. The molecule has 0 aromatic carbocycles. The number of hydrogen-bond acceptors (Lipinski definition) is 5. The van der Waals surface area contributed by atoms with Crippen LogP contribution in [0, 0.1) is 0 Å². The molecule has 6 nitrogen and oxygen atoms in total. The first-order valence-electron chi connectivity index (χ1n) is 35.1. The highest BCUT2D eigenvalue weighted by Crippen LogP contribution is 2.19. The molecule has 77 heavy (non-hydrogen) atoms. The topological polar surface area (TPSA) is 95.9 Å². The van der Waals surface area contributed by atoms with Crippen molar-refractivity contribution in [1.29, 1.82) is 0 Å². The lowest BCUT2D eigenvalue weighted by Gasteiger charge is -2.22. The maximum absolute atomic E-state index is 12.5. The van der Waals surface area contributed by atoms with Crippen molar-refractivity contribution in [3.05, 3.63) is 24.3 Å². The van der Waals surface area contributed by atoms with Gasteiger partial charge in [-0.15, -0.1) is 0 Å². The molecule has 0 saturated carbocycles. The van der Waals surface area contributed by atoms with Crippen LogP contribution in [0.1, 0.15) is 393 Å². The monoisotopic (exact) mass is 1080 g/mol. The first-order valence-corrected chi connectivity index (χ1v) is 35.1. The summed E-state index contributed by atoms with van der Waals surface area (Å²) in [5, 5.41) is 23.4. The van der Waals surface area contributed by atoms with Crippen LogP contribution in [0.2, 0.25) is 0 Å². The van der Waals surface area contributed by atoms with E-state index in [-0.39, 0.29) is 18.5 Å². The number of carbonyl (C=O) groups is 2. The van der Waals surface area contributed by atoms with Gasteiger partial charge in [-0.1, -0.05) is 327 Å². The van der Waals surface area contributed by atoms with E-state index in [1.165, 1.54) is 315 Å². The first-order chi connectivity index (χ1) is 38.0. The standard InChI is InChI=1S/C71H137NO5/c1-3-5-7-9-11-13-15-17-18-19-20-28-31-34-37-40-43-47-51-55-59-63-69(74)68(67-73)72-70(75)64-60-56-52-48-44-41-38-35-32-29-26-24-22-21-23-25-27-30-33-36-39-42-46-50-54-58-62-66-77-71(76)65-61-57-53-49-45-16-14-12-10-8-6-4-2/h12,14,21-22,68-69,73-74H,3-11,13,15-20,23-67H2,1-2H3,(H,72,75)/b14-12-,22-21-. The SMILES string of the molecule is CCCCC/C=C\CCCCCCCC(=O)OCCCCCCCCCCCCCC/C=C\CCCCCCCCCCCCCC(=O)NC(CO)C(O)CCCCCCCCCCCCCCCCCCCCCCC. The third-order valence-electron chi connectivity index (χ3n) is 16.5. The summed E-state index contributed by atoms with van der Waals surface area (Å²) in [6.45, 7) is 4.96. The Hall–Kier alpha value is -1.66. The molecule has 0 fully saturated rings. The van der Waals surface area contributed by atoms with E-state index in [1.54, 1.807) is 0 Å². The largest absolute Gasteiger partial charge is 0.466 e. The number of rotatable bonds is 66. The van der Waals surface area contributed by atoms with Gasteiger partial charge in [-0.05, 0) is 77.0 Å². The zero-order chi connectivity index (χ0) is 55.7. The fraction of sp³-hybridized carbons (Fsp3) is 0.915. The zero-order valence-corrected chi connectivity index (χ0v) is 52.2. The van der Waals surface area contributed by atoms with Crippen LogP contribution in [0.5, 0.6) is 0 Å². The van der Waals surface area contributed by atoms with E-state index in [9.17, 15) is 19.8 Å². The van der Waals surface area contributed by atoms with Gasteiger partial charge in [-0.2, -0.15) is 0 Å². The number of amides is 1. The number of aliphatic hydroxyl groups excluding tert-OH is 2. The first kappa shape index (κ1) is 75.3. The second-order valence-electron chi connectivity index (χ2n) is 24.2. The van der Waals surface area contributed by atoms with Crippen molar-refractivity contribution in [2.45, 2.75) is 405 Å². The van der Waals surface area contributed by atoms with E-state index in [1.807, 2.05) is 0 Å². The quantitative estimate of drug-likeness (QED) is 0.0320. The molecular weight excluding hydrogens is 947 g/mol. The van der Waals surface area contributed by atoms with Gasteiger partial charge in [0.2, 0.25) is 5.91 Å². The fourth-order valence-electron chi connectivity index (χ4n) is 11.1. The number of carbonyl (C=O) groups excluding carboxylic acids is 2. The Morgan fingerprint density at radius 1 is 0.351 bits per heavy atom. The molecule has 2 unspecified atom stereocenters. The smallest absolute Gasteiger partial charge is 0.305 e. The van der Waals surface area contributed by atoms with Gasteiger partial charge in [-0.3, -0.25) is 9.59 Å². The predicted molar refractivity (Wildman–Crippen MR) is 338 cm³/mol. The Morgan fingerprint density at radius 2 is 0.610 bits per heavy atom. The molecule has 0 aliphatic carbocycles. The van der Waals surface area contributed by atoms with Gasteiger partial charge in [-0.25, -0.2) is 0 Å². The summed E-state index contributed by atoms with van der Waals surface area (Å²) in [5.41, 5.74) is 0. The second kappa shape index (κ2) is 66.8. The Bertz CT molecular complexity index is 1200. The van der Waals surface area contributed by atoms with Crippen molar-refractivity contribution in [2.24, 2.45) is 0 Å². The Labute approximate surface area is 481 Å². The summed E-state index contributed by atoms with van der Waals surface area (Å²) >= 11 is 0. The van der Waals surface area contributed by atoms with Gasteiger partial charge in [0.1, 0.15) is 0 Å². The van der Waals surface area contributed by atoms with Crippen LogP contribution < -0.4 is 5.32 Å². The van der Waals surface area contributed by atoms with E-state index in [0.29, 0.717) is 25.9 Å². The minimum absolute atomic E-state index is 0.00565. The molecule has 3 N–H and O–H groups in total. The summed E-state index contributed by atoms with van der Waals surface area (Å²) in [6, 6.07) is -0.543. The van der Waals surface area contributed by atoms with E-state index in [2.05, 4.69) is 43.5 Å². The summed E-state index contributed by atoms with van der Waals surface area (Å²) in [6.07, 6.45) is 83.7. The van der Waals surface area contributed by atoms with Gasteiger partial charge in [0, 0.05) is 12.8 Å². The summed E-state index contributed by atoms with van der Waals surface area (Å²) in [7, 11) is 0. The highest BCUT2D eigenvalue weighted by Gasteiger charge is 2.20. The number of aliphatic hydroxyl groups is 2. The lowest BCUT2D eigenvalue weighted by Crippen LogP contribution is -2.45. The Morgan fingerprint density at radius 3 is 0.948 bits per heavy atom. The van der Waals surface area contributed by atoms with Crippen LogP contribution in [0.15, 0.2) is 24.3 Å². The zero-order valence-electron chi connectivity index (χ0n) is 52.2. The van der Waals surface area contributed by atoms with E-state index >= 15 is 0 Å². The van der Waals surface area contributed by atoms with Gasteiger partial charge >= 0.3 is 5.97 Å². The molecule has 0 aliphatic rings. The molecule has 2 atom stereocenters. The third-order valence-corrected chi connectivity index (χ3v) is 16.5. The van der Waals surface area contributed by atoms with Crippen LogP contribution in [0.3, 0.4) is 0 Å². The maximum atomic E-state index is 12.5. The third kappa shape index (κ3) is 63.4. The molecule has 0 aliphatic heterocycles.